The molecule has 0 saturated carbocycles. The van der Waals surface area contributed by atoms with Gasteiger partial charge >= 0.3 is 5.97 Å². The Labute approximate surface area is 454 Å². The molecule has 5 aliphatic heterocycles. The summed E-state index contributed by atoms with van der Waals surface area (Å²) in [6.07, 6.45) is -52.8. The zero-order valence-electron chi connectivity index (χ0n) is 43.8. The summed E-state index contributed by atoms with van der Waals surface area (Å²) in [6.45, 7) is -0.437. The highest BCUT2D eigenvalue weighted by Crippen LogP contribution is 2.38. The average Bonchev–Trinajstić information content (AvgIpc) is 3.60. The van der Waals surface area contributed by atoms with Crippen LogP contribution in [0, 0.1) is 0 Å². The number of nitrogens with one attached hydrogen (secondary N) is 3. The monoisotopic (exact) mass is 1170 g/mol. The molecule has 3 amide bonds. The molecule has 21 N–H and O–H groups in total. The van der Waals surface area contributed by atoms with Gasteiger partial charge in [0.2, 0.25) is 17.7 Å². The quantitative estimate of drug-likeness (QED) is 0.0427. The van der Waals surface area contributed by atoms with Crippen molar-refractivity contribution in [1.82, 2.24) is 16.0 Å². The molecule has 35 heteroatoms. The van der Waals surface area contributed by atoms with Gasteiger partial charge in [-0.3, -0.25) is 14.4 Å². The predicted molar refractivity (Wildman–Crippen MR) is 251 cm³/mol. The lowest BCUT2D eigenvalue weighted by molar-refractivity contribution is -0.395. The molecule has 0 aromatic carbocycles. The van der Waals surface area contributed by atoms with Gasteiger partial charge in [-0.2, -0.15) is 0 Å². The van der Waals surface area contributed by atoms with Crippen LogP contribution in [0.1, 0.15) is 41.0 Å². The Kier molecular flexibility index (Phi) is 24.6. The van der Waals surface area contributed by atoms with Gasteiger partial charge in [0.05, 0.1) is 63.4 Å². The van der Waals surface area contributed by atoms with Crippen molar-refractivity contribution in [3.63, 3.8) is 0 Å². The Morgan fingerprint density at radius 2 is 1.09 bits per heavy atom. The number of hydrogen-bond donors (Lipinski definition) is 21. The van der Waals surface area contributed by atoms with Crippen LogP contribution in [-0.2, 0) is 66.5 Å². The van der Waals surface area contributed by atoms with Crippen LogP contribution in [0.25, 0.3) is 0 Å². The Balaban J connectivity index is 1.56. The molecule has 0 unspecified atom stereocenters. The molecular formula is C45H77N3O32. The number of aliphatic carboxylic acids is 1. The average molecular weight is 1170 g/mol. The third kappa shape index (κ3) is 15.4. The molecule has 5 saturated heterocycles. The Hall–Kier alpha value is -3.20. The third-order valence-electron chi connectivity index (χ3n) is 14.2. The van der Waals surface area contributed by atoms with Crippen molar-refractivity contribution in [2.75, 3.05) is 33.0 Å². The van der Waals surface area contributed by atoms with E-state index in [1.165, 1.54) is 13.8 Å². The van der Waals surface area contributed by atoms with Gasteiger partial charge in [0.15, 0.2) is 25.2 Å². The molecule has 0 aliphatic carbocycles. The second-order valence-electron chi connectivity index (χ2n) is 20.2. The number of carboxylic acid groups (broad SMARTS) is 1. The van der Waals surface area contributed by atoms with Crippen LogP contribution in [-0.4, -0.2) is 332 Å². The van der Waals surface area contributed by atoms with E-state index < -0.39 is 247 Å². The Morgan fingerprint density at radius 1 is 0.575 bits per heavy atom. The first kappa shape index (κ1) is 67.6. The van der Waals surface area contributed by atoms with E-state index in [0.29, 0.717) is 0 Å². The van der Waals surface area contributed by atoms with Crippen LogP contribution in [0.4, 0.5) is 0 Å². The third-order valence-corrected chi connectivity index (χ3v) is 14.2. The zero-order valence-corrected chi connectivity index (χ0v) is 43.8. The van der Waals surface area contributed by atoms with E-state index in [4.69, 9.17) is 47.4 Å². The lowest BCUT2D eigenvalue weighted by Gasteiger charge is -2.51. The molecule has 5 rings (SSSR count). The van der Waals surface area contributed by atoms with Crippen LogP contribution in [0.3, 0.4) is 0 Å². The highest BCUT2D eigenvalue weighted by Gasteiger charge is 2.59. The van der Waals surface area contributed by atoms with Gasteiger partial charge in [0.1, 0.15) is 122 Å². The second kappa shape index (κ2) is 29.1. The molecule has 464 valence electrons. The fourth-order valence-corrected chi connectivity index (χ4v) is 9.78. The molecular weight excluding hydrogens is 1090 g/mol. The van der Waals surface area contributed by atoms with E-state index in [1.807, 2.05) is 0 Å². The normalized spacial score (nSPS) is 43.0. The van der Waals surface area contributed by atoms with E-state index >= 15 is 0 Å². The molecule has 80 heavy (non-hydrogen) atoms. The fraction of sp³-hybridized carbons (Fsp3) is 0.911. The summed E-state index contributed by atoms with van der Waals surface area (Å²) in [6, 6.07) is -5.46. The van der Waals surface area contributed by atoms with Gasteiger partial charge in [-0.25, -0.2) is 4.79 Å². The molecule has 5 aliphatic rings. The first-order chi connectivity index (χ1) is 37.5. The molecule has 30 atom stereocenters. The van der Waals surface area contributed by atoms with Gasteiger partial charge < -0.3 is 155 Å². The van der Waals surface area contributed by atoms with Crippen LogP contribution in [0.15, 0.2) is 0 Å². The van der Waals surface area contributed by atoms with Gasteiger partial charge in [-0.05, 0) is 13.8 Å². The molecule has 0 aromatic rings. The number of ether oxygens (including phenoxy) is 10. The van der Waals surface area contributed by atoms with Gasteiger partial charge in [-0.15, -0.1) is 0 Å². The summed E-state index contributed by atoms with van der Waals surface area (Å²) in [4.78, 5) is 50.7. The number of hydrogen-bond acceptors (Lipinski definition) is 31. The highest BCUT2D eigenvalue weighted by atomic mass is 16.8. The van der Waals surface area contributed by atoms with E-state index in [9.17, 15) is 111 Å². The zero-order chi connectivity index (χ0) is 60.0. The molecule has 5 heterocycles. The lowest BCUT2D eigenvalue weighted by atomic mass is 9.88. The number of carbonyl (C=O) groups excluding carboxylic acids is 3. The minimum atomic E-state index is -3.09. The van der Waals surface area contributed by atoms with E-state index in [2.05, 4.69) is 16.0 Å². The summed E-state index contributed by atoms with van der Waals surface area (Å²) in [5.41, 5.74) is 0. The second-order valence-corrected chi connectivity index (χ2v) is 20.2. The van der Waals surface area contributed by atoms with E-state index in [0.717, 1.165) is 20.8 Å². The van der Waals surface area contributed by atoms with Crippen LogP contribution in [0.2, 0.25) is 0 Å². The summed E-state index contributed by atoms with van der Waals surface area (Å²) in [7, 11) is 0. The van der Waals surface area contributed by atoms with Gasteiger partial charge in [0, 0.05) is 27.2 Å². The van der Waals surface area contributed by atoms with Crippen molar-refractivity contribution in [3.8, 4) is 0 Å². The number of amides is 3. The van der Waals surface area contributed by atoms with Crippen molar-refractivity contribution in [2.45, 2.75) is 224 Å². The van der Waals surface area contributed by atoms with Crippen molar-refractivity contribution < 1.29 is 158 Å². The molecule has 5 fully saturated rings. The van der Waals surface area contributed by atoms with Crippen LogP contribution < -0.4 is 16.0 Å². The van der Waals surface area contributed by atoms with Crippen LogP contribution in [0.5, 0.6) is 0 Å². The maximum absolute atomic E-state index is 13.2. The summed E-state index contributed by atoms with van der Waals surface area (Å²) < 4.78 is 58.7. The minimum Gasteiger partial charge on any atom is -0.477 e. The van der Waals surface area contributed by atoms with Crippen LogP contribution >= 0.6 is 0 Å². The first-order valence-electron chi connectivity index (χ1n) is 25.4. The summed E-state index contributed by atoms with van der Waals surface area (Å²) >= 11 is 0. The molecule has 0 aromatic heterocycles. The summed E-state index contributed by atoms with van der Waals surface area (Å²) in [5, 5.41) is 201. The molecule has 35 nitrogen and oxygen atoms in total. The Morgan fingerprint density at radius 3 is 1.57 bits per heavy atom. The van der Waals surface area contributed by atoms with Crippen molar-refractivity contribution in [1.29, 1.82) is 0 Å². The largest absolute Gasteiger partial charge is 0.477 e. The van der Waals surface area contributed by atoms with E-state index in [1.54, 1.807) is 0 Å². The number of carboxylic acids is 1. The fourth-order valence-electron chi connectivity index (χ4n) is 9.78. The topological polar surface area (TPSA) is 561 Å². The lowest BCUT2D eigenvalue weighted by Crippen LogP contribution is -2.71. The number of aliphatic hydroxyl groups excluding tert-OH is 17. The van der Waals surface area contributed by atoms with Gasteiger partial charge in [0.25, 0.3) is 5.79 Å². The molecule has 0 spiro atoms. The number of carbonyl (C=O) groups is 4. The minimum absolute atomic E-state index is 0.818. The smallest absolute Gasteiger partial charge is 0.364 e. The standard InChI is InChI=1S/C45H77N3O32/c1-12-25(59)30(64)33(67)41(72-12)78-38-24(48-16(5)55)40(75-22(10-52)36(38)77-43-39(32(66)29(63)21(9-51)74-43)79-42-34(68)31(65)26(60)13(2)73-42)76-35(17(7-49)46-14(3)53)28(62)20(58)11-71-45(44(69)70)6-18(56)23(47-15(4)54)37(80-45)27(61)19(57)8-50/h12-13,17-43,49-52,56-68H,6-11H2,1-5H3,(H,46,53)(H,47,54)(H,48,55)(H,69,70)/t12-,13-,17-,18-,19+,20+,21+,22+,23+,24+,25+,26+,27+,28-,29-,30+,31+,32-,33-,34-,35+,36+,37+,38+,39+,40-,41-,42-,43-,45+/m0/s1. The highest BCUT2D eigenvalue weighted by molar-refractivity contribution is 5.77. The maximum atomic E-state index is 13.2. The summed E-state index contributed by atoms with van der Waals surface area (Å²) in [5.74, 6) is -7.83. The van der Waals surface area contributed by atoms with Crippen molar-refractivity contribution in [3.05, 3.63) is 0 Å². The number of rotatable bonds is 24. The van der Waals surface area contributed by atoms with Crippen molar-refractivity contribution in [2.24, 2.45) is 0 Å². The van der Waals surface area contributed by atoms with E-state index in [-0.39, 0.29) is 0 Å². The SMILES string of the molecule is CC(=O)N[C@H]1[C@H](O[C@@H]([C@@H](O)[C@H](O)CO[C@]2(C(=O)O)C[C@H](O)[C@@H](NC(C)=O)[C@H]([C@H](O)[C@H](O)CO)O2)[C@H](CO)NC(C)=O)O[C@H](CO)[C@@H](O[C@@H]2O[C@H](CO)[C@H](O)[C@H](O)[C@H]2O[C@@H]2O[C@@H](C)[C@@H](O)[C@@H](O)[C@@H]2O)[C@@H]1O[C@@H]1O[C@@H](C)[C@@H](O)[C@@H](O)[C@@H]1O. The molecule has 0 radical (unpaired) electrons. The molecule has 0 bridgehead atoms. The van der Waals surface area contributed by atoms with Crippen molar-refractivity contribution >= 4 is 23.7 Å². The number of aliphatic hydroxyl groups is 17. The predicted octanol–water partition coefficient (Wildman–Crippen LogP) is -12.8. The first-order valence-corrected chi connectivity index (χ1v) is 25.4. The maximum Gasteiger partial charge on any atom is 0.364 e. The Bertz CT molecular complexity index is 2010. The van der Waals surface area contributed by atoms with Gasteiger partial charge in [-0.1, -0.05) is 0 Å².